The average molecular weight is 362 g/mol. The van der Waals surface area contributed by atoms with E-state index in [2.05, 4.69) is 14.8 Å². The van der Waals surface area contributed by atoms with Crippen molar-refractivity contribution in [1.82, 2.24) is 0 Å². The summed E-state index contributed by atoms with van der Waals surface area (Å²) < 4.78 is 9.28. The molecule has 0 heterocycles. The van der Waals surface area contributed by atoms with Gasteiger partial charge in [0.15, 0.2) is 0 Å². The molecule has 0 unspecified atom stereocenters. The maximum absolute atomic E-state index is 12.5. The Morgan fingerprint density at radius 1 is 0.923 bits per heavy atom. The molecule has 0 aromatic heterocycles. The molecule has 1 aromatic rings. The number of nitrogens with one attached hydrogen (secondary N) is 1. The van der Waals surface area contributed by atoms with Crippen molar-refractivity contribution in [2.45, 2.75) is 25.7 Å². The second-order valence-corrected chi connectivity index (χ2v) is 6.09. The standard InChI is InChI=1S/C18H21NO7/c1-25-17(23)10-7-11(18(24)26-2)9-12(8-10)19-15(20)13-5-3-4-6-14(13)16(21)22/h7-9,13-14H,3-6H2,1-2H3,(H,19,20)(H,21,22)/p-1/t13-,14-/m1/s1. The van der Waals surface area contributed by atoms with E-state index in [9.17, 15) is 24.3 Å². The molecule has 1 saturated carbocycles. The maximum Gasteiger partial charge on any atom is 0.337 e. The number of benzene rings is 1. The van der Waals surface area contributed by atoms with E-state index in [-0.39, 0.29) is 16.8 Å². The molecule has 26 heavy (non-hydrogen) atoms. The second kappa shape index (κ2) is 8.46. The number of rotatable bonds is 5. The quantitative estimate of drug-likeness (QED) is 0.767. The number of hydrogen-bond acceptors (Lipinski definition) is 7. The molecule has 8 nitrogen and oxygen atoms in total. The highest BCUT2D eigenvalue weighted by Crippen LogP contribution is 2.31. The maximum atomic E-state index is 12.5. The van der Waals surface area contributed by atoms with Crippen LogP contribution in [0.2, 0.25) is 0 Å². The van der Waals surface area contributed by atoms with Crippen LogP contribution >= 0.6 is 0 Å². The number of anilines is 1. The molecule has 0 saturated heterocycles. The average Bonchev–Trinajstić information content (AvgIpc) is 2.66. The van der Waals surface area contributed by atoms with Crippen LogP contribution in [0.25, 0.3) is 0 Å². The number of carbonyl (C=O) groups is 4. The summed E-state index contributed by atoms with van der Waals surface area (Å²) in [6.45, 7) is 0. The Bertz CT molecular complexity index is 694. The van der Waals surface area contributed by atoms with Gasteiger partial charge >= 0.3 is 11.9 Å². The van der Waals surface area contributed by atoms with Crippen molar-refractivity contribution in [3.8, 4) is 0 Å². The van der Waals surface area contributed by atoms with E-state index in [0.29, 0.717) is 12.8 Å². The zero-order valence-electron chi connectivity index (χ0n) is 14.6. The summed E-state index contributed by atoms with van der Waals surface area (Å²) in [6, 6.07) is 4.00. The summed E-state index contributed by atoms with van der Waals surface area (Å²) in [5.74, 6) is -4.68. The zero-order chi connectivity index (χ0) is 19.3. The van der Waals surface area contributed by atoms with Gasteiger partial charge in [-0.1, -0.05) is 12.8 Å². The minimum Gasteiger partial charge on any atom is -0.550 e. The number of methoxy groups -OCH3 is 2. The third kappa shape index (κ3) is 4.38. The Labute approximate surface area is 150 Å². The van der Waals surface area contributed by atoms with Gasteiger partial charge in [-0.3, -0.25) is 4.79 Å². The lowest BCUT2D eigenvalue weighted by Crippen LogP contribution is -2.42. The first-order valence-electron chi connectivity index (χ1n) is 8.20. The van der Waals surface area contributed by atoms with E-state index >= 15 is 0 Å². The first-order valence-corrected chi connectivity index (χ1v) is 8.20. The zero-order valence-corrected chi connectivity index (χ0v) is 14.6. The van der Waals surface area contributed by atoms with Crippen molar-refractivity contribution in [2.24, 2.45) is 11.8 Å². The fraction of sp³-hybridized carbons (Fsp3) is 0.444. The summed E-state index contributed by atoms with van der Waals surface area (Å²) in [5.41, 5.74) is 0.303. The monoisotopic (exact) mass is 362 g/mol. The first-order chi connectivity index (χ1) is 12.4. The number of carboxylic acid groups (broad SMARTS) is 1. The van der Waals surface area contributed by atoms with Crippen LogP contribution in [0, 0.1) is 11.8 Å². The molecule has 0 aliphatic heterocycles. The minimum atomic E-state index is -1.25. The highest BCUT2D eigenvalue weighted by molar-refractivity contribution is 6.00. The third-order valence-corrected chi connectivity index (χ3v) is 4.45. The van der Waals surface area contributed by atoms with Gasteiger partial charge < -0.3 is 24.7 Å². The van der Waals surface area contributed by atoms with Gasteiger partial charge in [0.1, 0.15) is 0 Å². The highest BCUT2D eigenvalue weighted by Gasteiger charge is 2.32. The van der Waals surface area contributed by atoms with Crippen molar-refractivity contribution >= 4 is 29.5 Å². The molecule has 1 N–H and O–H groups in total. The lowest BCUT2D eigenvalue weighted by Gasteiger charge is -2.31. The van der Waals surface area contributed by atoms with Crippen LogP contribution in [-0.4, -0.2) is 38.0 Å². The van der Waals surface area contributed by atoms with E-state index in [1.165, 1.54) is 32.4 Å². The van der Waals surface area contributed by atoms with Crippen molar-refractivity contribution in [1.29, 1.82) is 0 Å². The van der Waals surface area contributed by atoms with E-state index in [1.54, 1.807) is 0 Å². The van der Waals surface area contributed by atoms with Crippen molar-refractivity contribution < 1.29 is 33.8 Å². The molecule has 8 heteroatoms. The van der Waals surface area contributed by atoms with Crippen LogP contribution in [0.3, 0.4) is 0 Å². The Balaban J connectivity index is 2.29. The molecule has 140 valence electrons. The van der Waals surface area contributed by atoms with Gasteiger partial charge in [0, 0.05) is 23.5 Å². The summed E-state index contributed by atoms with van der Waals surface area (Å²) in [5, 5.41) is 13.9. The van der Waals surface area contributed by atoms with Crippen LogP contribution in [0.5, 0.6) is 0 Å². The predicted octanol–water partition coefficient (Wildman–Crippen LogP) is 0.755. The molecule has 1 fully saturated rings. The number of carboxylic acids is 1. The fourth-order valence-corrected chi connectivity index (χ4v) is 3.13. The van der Waals surface area contributed by atoms with Crippen LogP contribution in [-0.2, 0) is 19.1 Å². The van der Waals surface area contributed by atoms with Crippen molar-refractivity contribution in [3.05, 3.63) is 29.3 Å². The lowest BCUT2D eigenvalue weighted by atomic mass is 9.78. The van der Waals surface area contributed by atoms with E-state index < -0.39 is 35.7 Å². The number of amides is 1. The van der Waals surface area contributed by atoms with Crippen molar-refractivity contribution in [3.63, 3.8) is 0 Å². The highest BCUT2D eigenvalue weighted by atomic mass is 16.5. The molecule has 1 aliphatic rings. The minimum absolute atomic E-state index is 0.0609. The number of hydrogen-bond donors (Lipinski definition) is 1. The number of aliphatic carboxylic acids is 1. The van der Waals surface area contributed by atoms with Gasteiger partial charge in [-0.2, -0.15) is 0 Å². The van der Waals surface area contributed by atoms with Gasteiger partial charge in [-0.25, -0.2) is 9.59 Å². The molecule has 1 amide bonds. The number of ether oxygens (including phenoxy) is 2. The lowest BCUT2D eigenvalue weighted by molar-refractivity contribution is -0.313. The van der Waals surface area contributed by atoms with Crippen LogP contribution in [0.1, 0.15) is 46.4 Å². The summed E-state index contributed by atoms with van der Waals surface area (Å²) in [4.78, 5) is 47.4. The van der Waals surface area contributed by atoms with E-state index in [1.807, 2.05) is 0 Å². The Morgan fingerprint density at radius 2 is 1.42 bits per heavy atom. The molecule has 2 atom stereocenters. The molecule has 2 rings (SSSR count). The van der Waals surface area contributed by atoms with E-state index in [4.69, 9.17) is 0 Å². The molecule has 0 radical (unpaired) electrons. The predicted molar refractivity (Wildman–Crippen MR) is 88.2 cm³/mol. The number of esters is 2. The second-order valence-electron chi connectivity index (χ2n) is 6.09. The van der Waals surface area contributed by atoms with Crippen LogP contribution in [0.15, 0.2) is 18.2 Å². The number of carbonyl (C=O) groups excluding carboxylic acids is 4. The van der Waals surface area contributed by atoms with Gasteiger partial charge in [0.2, 0.25) is 5.91 Å². The largest absolute Gasteiger partial charge is 0.550 e. The molecular formula is C18H20NO7-. The van der Waals surface area contributed by atoms with Crippen LogP contribution in [0.4, 0.5) is 5.69 Å². The topological polar surface area (TPSA) is 122 Å². The summed E-state index contributed by atoms with van der Waals surface area (Å²) in [6.07, 6.45) is 2.30. The summed E-state index contributed by atoms with van der Waals surface area (Å²) in [7, 11) is 2.38. The summed E-state index contributed by atoms with van der Waals surface area (Å²) >= 11 is 0. The smallest absolute Gasteiger partial charge is 0.337 e. The van der Waals surface area contributed by atoms with Gasteiger partial charge in [-0.15, -0.1) is 0 Å². The first kappa shape index (κ1) is 19.4. The Hall–Kier alpha value is -2.90. The third-order valence-electron chi connectivity index (χ3n) is 4.45. The molecule has 1 aliphatic carbocycles. The van der Waals surface area contributed by atoms with Crippen molar-refractivity contribution in [2.75, 3.05) is 19.5 Å². The van der Waals surface area contributed by atoms with Gasteiger partial charge in [0.25, 0.3) is 0 Å². The van der Waals surface area contributed by atoms with Gasteiger partial charge in [0.05, 0.1) is 25.3 Å². The molecule has 1 aromatic carbocycles. The Morgan fingerprint density at radius 3 is 1.88 bits per heavy atom. The SMILES string of the molecule is COC(=O)c1cc(NC(=O)[C@@H]2CCCC[C@H]2C(=O)[O-])cc(C(=O)OC)c1. The Kier molecular flexibility index (Phi) is 6.32. The molecule has 0 bridgehead atoms. The van der Waals surface area contributed by atoms with E-state index in [0.717, 1.165) is 12.8 Å². The molecular weight excluding hydrogens is 342 g/mol. The molecule has 0 spiro atoms. The normalized spacial score (nSPS) is 19.3. The fourth-order valence-electron chi connectivity index (χ4n) is 3.13. The van der Waals surface area contributed by atoms with Crippen LogP contribution < -0.4 is 10.4 Å². The van der Waals surface area contributed by atoms with Gasteiger partial charge in [-0.05, 0) is 31.0 Å².